The molecule has 0 radical (unpaired) electrons. The highest BCUT2D eigenvalue weighted by Gasteiger charge is 2.29. The fourth-order valence-electron chi connectivity index (χ4n) is 2.96. The van der Waals surface area contributed by atoms with Crippen molar-refractivity contribution in [2.24, 2.45) is 0 Å². The van der Waals surface area contributed by atoms with Crippen LogP contribution in [0.5, 0.6) is 0 Å². The maximum atomic E-state index is 13.6. The number of carbonyl (C=O) groups is 2. The van der Waals surface area contributed by atoms with Crippen molar-refractivity contribution in [2.45, 2.75) is 32.7 Å². The number of nitrogens with zero attached hydrogens (tertiary/aromatic N) is 1. The molecular weight excluding hydrogens is 354 g/mol. The van der Waals surface area contributed by atoms with Crippen LogP contribution in [0.15, 0.2) is 12.1 Å². The lowest BCUT2D eigenvalue weighted by atomic mass is 10.1. The second-order valence-electron chi connectivity index (χ2n) is 6.23. The van der Waals surface area contributed by atoms with Gasteiger partial charge in [0.25, 0.3) is 0 Å². The Kier molecular flexibility index (Phi) is 4.60. The van der Waals surface area contributed by atoms with Crippen molar-refractivity contribution in [1.82, 2.24) is 4.57 Å². The Labute approximate surface area is 146 Å². The van der Waals surface area contributed by atoms with Crippen molar-refractivity contribution in [1.29, 1.82) is 0 Å². The Bertz CT molecular complexity index is 916. The molecule has 2 aromatic rings. The summed E-state index contributed by atoms with van der Waals surface area (Å²) in [5.74, 6) is -9.71. The van der Waals surface area contributed by atoms with E-state index in [0.29, 0.717) is 11.6 Å². The predicted octanol–water partition coefficient (Wildman–Crippen LogP) is 4.04. The first-order chi connectivity index (χ1) is 12.2. The van der Waals surface area contributed by atoms with E-state index in [0.717, 1.165) is 24.2 Å². The van der Waals surface area contributed by atoms with Crippen molar-refractivity contribution >= 4 is 11.8 Å². The molecule has 0 amide bonds. The normalized spacial score (nSPS) is 13.8. The molecule has 4 nitrogen and oxygen atoms in total. The highest BCUT2D eigenvalue weighted by atomic mass is 19.2. The molecule has 0 atom stereocenters. The molecule has 1 aromatic heterocycles. The Morgan fingerprint density at radius 2 is 1.69 bits per heavy atom. The van der Waals surface area contributed by atoms with Gasteiger partial charge in [-0.15, -0.1) is 0 Å². The number of aryl methyl sites for hydroxylation is 1. The smallest absolute Gasteiger partial charge is 0.341 e. The highest BCUT2D eigenvalue weighted by Crippen LogP contribution is 2.38. The van der Waals surface area contributed by atoms with Crippen molar-refractivity contribution in [2.75, 3.05) is 6.61 Å². The Hall–Kier alpha value is -2.64. The third-order valence-corrected chi connectivity index (χ3v) is 4.35. The minimum Gasteiger partial charge on any atom is -0.454 e. The van der Waals surface area contributed by atoms with E-state index in [1.165, 1.54) is 0 Å². The summed E-state index contributed by atoms with van der Waals surface area (Å²) < 4.78 is 59.6. The maximum absolute atomic E-state index is 13.6. The number of ketones is 1. The number of benzene rings is 1. The lowest BCUT2D eigenvalue weighted by Crippen LogP contribution is -2.17. The lowest BCUT2D eigenvalue weighted by Gasteiger charge is -2.08. The number of hydrogen-bond donors (Lipinski definition) is 0. The molecule has 0 N–H and O–H groups in total. The summed E-state index contributed by atoms with van der Waals surface area (Å²) in [6.45, 7) is 2.90. The van der Waals surface area contributed by atoms with Crippen LogP contribution in [0.4, 0.5) is 17.6 Å². The van der Waals surface area contributed by atoms with Gasteiger partial charge in [0.1, 0.15) is 5.56 Å². The molecule has 1 aromatic carbocycles. The molecule has 3 rings (SSSR count). The van der Waals surface area contributed by atoms with E-state index in [4.69, 9.17) is 0 Å². The predicted molar refractivity (Wildman–Crippen MR) is 83.1 cm³/mol. The number of halogens is 4. The molecule has 0 bridgehead atoms. The van der Waals surface area contributed by atoms with Gasteiger partial charge in [-0.2, -0.15) is 0 Å². The molecule has 138 valence electrons. The van der Waals surface area contributed by atoms with Crippen molar-refractivity contribution < 1.29 is 31.9 Å². The van der Waals surface area contributed by atoms with Crippen LogP contribution in [0.1, 0.15) is 51.0 Å². The first-order valence-corrected chi connectivity index (χ1v) is 7.94. The van der Waals surface area contributed by atoms with Crippen LogP contribution in [0.3, 0.4) is 0 Å². The summed E-state index contributed by atoms with van der Waals surface area (Å²) in [6.07, 6.45) is 2.06. The van der Waals surface area contributed by atoms with E-state index in [1.807, 2.05) is 11.5 Å². The molecule has 1 aliphatic carbocycles. The Morgan fingerprint density at radius 1 is 1.04 bits per heavy atom. The highest BCUT2D eigenvalue weighted by molar-refractivity contribution is 6.00. The summed E-state index contributed by atoms with van der Waals surface area (Å²) in [7, 11) is 0. The SMILES string of the molecule is Cc1cc(C(=O)COC(=O)c2cc(F)c(F)c(F)c2F)c(C)n1C1CC1. The zero-order chi connectivity index (χ0) is 19.2. The van der Waals surface area contributed by atoms with Gasteiger partial charge in [0, 0.05) is 23.0 Å². The summed E-state index contributed by atoms with van der Waals surface area (Å²) in [4.78, 5) is 24.1. The second kappa shape index (κ2) is 6.59. The second-order valence-corrected chi connectivity index (χ2v) is 6.23. The van der Waals surface area contributed by atoms with Crippen molar-refractivity contribution in [3.05, 3.63) is 57.9 Å². The summed E-state index contributed by atoms with van der Waals surface area (Å²) in [5.41, 5.74) is 0.876. The monoisotopic (exact) mass is 369 g/mol. The van der Waals surface area contributed by atoms with Crippen LogP contribution >= 0.6 is 0 Å². The minimum absolute atomic E-state index is 0.194. The third-order valence-electron chi connectivity index (χ3n) is 4.35. The van der Waals surface area contributed by atoms with Gasteiger partial charge in [0.2, 0.25) is 5.78 Å². The van der Waals surface area contributed by atoms with Gasteiger partial charge in [-0.05, 0) is 38.8 Å². The van der Waals surface area contributed by atoms with Crippen LogP contribution in [-0.2, 0) is 4.74 Å². The molecule has 1 aliphatic rings. The Balaban J connectivity index is 1.74. The van der Waals surface area contributed by atoms with E-state index in [1.54, 1.807) is 13.0 Å². The quantitative estimate of drug-likeness (QED) is 0.263. The van der Waals surface area contributed by atoms with E-state index in [2.05, 4.69) is 4.74 Å². The summed E-state index contributed by atoms with van der Waals surface area (Å²) in [6, 6.07) is 2.22. The zero-order valence-electron chi connectivity index (χ0n) is 14.0. The molecule has 0 saturated heterocycles. The van der Waals surface area contributed by atoms with Crippen LogP contribution < -0.4 is 0 Å². The minimum atomic E-state index is -2.11. The average Bonchev–Trinajstić information content (AvgIpc) is 3.38. The van der Waals surface area contributed by atoms with Gasteiger partial charge in [0.05, 0.1) is 0 Å². The van der Waals surface area contributed by atoms with E-state index in [-0.39, 0.29) is 6.07 Å². The standard InChI is InChI=1S/C18H15F4NO3/c1-8-5-11(9(2)23(8)10-3-4-10)14(24)7-26-18(25)12-6-13(19)16(21)17(22)15(12)20/h5-6,10H,3-4,7H2,1-2H3. The molecule has 0 unspecified atom stereocenters. The summed E-state index contributed by atoms with van der Waals surface area (Å²) >= 11 is 0. The average molecular weight is 369 g/mol. The molecule has 0 aliphatic heterocycles. The van der Waals surface area contributed by atoms with E-state index in [9.17, 15) is 27.2 Å². The number of esters is 1. The van der Waals surface area contributed by atoms with E-state index >= 15 is 0 Å². The van der Waals surface area contributed by atoms with Gasteiger partial charge in [-0.3, -0.25) is 4.79 Å². The molecule has 1 fully saturated rings. The first-order valence-electron chi connectivity index (χ1n) is 7.94. The van der Waals surface area contributed by atoms with Crippen LogP contribution in [0.2, 0.25) is 0 Å². The number of rotatable bonds is 5. The number of ether oxygens (including phenoxy) is 1. The Morgan fingerprint density at radius 3 is 2.31 bits per heavy atom. The van der Waals surface area contributed by atoms with Crippen LogP contribution in [0, 0.1) is 37.1 Å². The number of Topliss-reactive ketones (excluding diaryl/α,β-unsaturated/α-hetero) is 1. The van der Waals surface area contributed by atoms with Crippen LogP contribution in [0.25, 0.3) is 0 Å². The fraction of sp³-hybridized carbons (Fsp3) is 0.333. The molecule has 0 spiro atoms. The molecule has 1 heterocycles. The van der Waals surface area contributed by atoms with Gasteiger partial charge < -0.3 is 9.30 Å². The van der Waals surface area contributed by atoms with Gasteiger partial charge >= 0.3 is 5.97 Å². The molecule has 1 saturated carbocycles. The fourth-order valence-corrected chi connectivity index (χ4v) is 2.96. The number of carbonyl (C=O) groups excluding carboxylic acids is 2. The first kappa shape index (κ1) is 18.2. The number of hydrogen-bond acceptors (Lipinski definition) is 3. The summed E-state index contributed by atoms with van der Waals surface area (Å²) in [5, 5.41) is 0. The van der Waals surface area contributed by atoms with Gasteiger partial charge in [0.15, 0.2) is 29.9 Å². The van der Waals surface area contributed by atoms with Crippen molar-refractivity contribution in [3.63, 3.8) is 0 Å². The van der Waals surface area contributed by atoms with Crippen molar-refractivity contribution in [3.8, 4) is 0 Å². The molecule has 8 heteroatoms. The maximum Gasteiger partial charge on any atom is 0.341 e. The zero-order valence-corrected chi connectivity index (χ0v) is 14.0. The third kappa shape index (κ3) is 3.11. The molecule has 26 heavy (non-hydrogen) atoms. The largest absolute Gasteiger partial charge is 0.454 e. The lowest BCUT2D eigenvalue weighted by molar-refractivity contribution is 0.0468. The number of aromatic nitrogens is 1. The van der Waals surface area contributed by atoms with Gasteiger partial charge in [-0.1, -0.05) is 0 Å². The van der Waals surface area contributed by atoms with Gasteiger partial charge in [-0.25, -0.2) is 22.4 Å². The topological polar surface area (TPSA) is 48.3 Å². The van der Waals surface area contributed by atoms with E-state index < -0.39 is 47.2 Å². The van der Waals surface area contributed by atoms with Crippen LogP contribution in [-0.4, -0.2) is 22.9 Å². The molecular formula is C18H15F4NO3.